The standard InChI is InChI=1S/C32H32N4S.C7H12/c1-7-27(35-17-13-33-14-18-35)8-2-23(1)25-5-11-31-29(21-25)30-22-26(6-12-32(30)37-31)24-3-9-28(10-4-24)36-19-15-34-16-20-36;1-4-5-6-7(2)3/h1-12,21-22,33-34H,13-20H2;4-6H,1-3H3/b;5-4-. The highest BCUT2D eigenvalue weighted by atomic mass is 32.1. The fourth-order valence-electron chi connectivity index (χ4n) is 6.00. The van der Waals surface area contributed by atoms with E-state index in [1.807, 2.05) is 30.4 Å². The van der Waals surface area contributed by atoms with Gasteiger partial charge in [0.15, 0.2) is 0 Å². The minimum Gasteiger partial charge on any atom is -0.369 e. The molecule has 0 radical (unpaired) electrons. The summed E-state index contributed by atoms with van der Waals surface area (Å²) in [4.78, 5) is 4.93. The number of anilines is 2. The summed E-state index contributed by atoms with van der Waals surface area (Å²) in [6, 6.07) is 32.1. The molecule has 4 aromatic carbocycles. The third kappa shape index (κ3) is 7.07. The van der Waals surface area contributed by atoms with Crippen LogP contribution in [-0.4, -0.2) is 52.4 Å². The Balaban J connectivity index is 0.000000441. The Labute approximate surface area is 266 Å². The first-order chi connectivity index (χ1) is 21.6. The maximum atomic E-state index is 3.44. The highest BCUT2D eigenvalue weighted by molar-refractivity contribution is 7.25. The van der Waals surface area contributed by atoms with Crippen LogP contribution >= 0.6 is 11.3 Å². The van der Waals surface area contributed by atoms with Crippen LogP contribution in [0, 0.1) is 0 Å². The number of fused-ring (bicyclic) bond motifs is 3. The minimum atomic E-state index is 1.06. The second kappa shape index (κ2) is 14.3. The molecule has 7 rings (SSSR count). The van der Waals surface area contributed by atoms with Gasteiger partial charge >= 0.3 is 0 Å². The summed E-state index contributed by atoms with van der Waals surface area (Å²) >= 11 is 1.89. The summed E-state index contributed by atoms with van der Waals surface area (Å²) in [5.74, 6) is 0. The third-order valence-corrected chi connectivity index (χ3v) is 9.61. The van der Waals surface area contributed by atoms with Gasteiger partial charge in [-0.1, -0.05) is 60.2 Å². The molecule has 4 nitrogen and oxygen atoms in total. The number of nitrogens with one attached hydrogen (secondary N) is 2. The number of hydrogen-bond acceptors (Lipinski definition) is 5. The SMILES string of the molecule is C/C=C\C=C(C)C.c1cc(N2CCNCC2)ccc1-c1ccc2sc3ccc(-c4ccc(N5CCNCC5)cc4)cc3c2c1. The third-order valence-electron chi connectivity index (χ3n) is 8.46. The Morgan fingerprint density at radius 3 is 1.36 bits per heavy atom. The van der Waals surface area contributed by atoms with Gasteiger partial charge in [0.2, 0.25) is 0 Å². The van der Waals surface area contributed by atoms with E-state index in [0.717, 1.165) is 52.4 Å². The summed E-state index contributed by atoms with van der Waals surface area (Å²) in [6.07, 6.45) is 6.14. The van der Waals surface area contributed by atoms with Gasteiger partial charge in [0, 0.05) is 83.9 Å². The molecule has 1 aromatic heterocycles. The molecular formula is C39H44N4S. The Kier molecular flexibility index (Phi) is 9.76. The van der Waals surface area contributed by atoms with Crippen molar-refractivity contribution in [1.82, 2.24) is 10.6 Å². The molecule has 5 heteroatoms. The van der Waals surface area contributed by atoms with E-state index >= 15 is 0 Å². The van der Waals surface area contributed by atoms with Crippen LogP contribution in [0.4, 0.5) is 11.4 Å². The topological polar surface area (TPSA) is 30.5 Å². The van der Waals surface area contributed by atoms with Crippen LogP contribution in [0.5, 0.6) is 0 Å². The minimum absolute atomic E-state index is 1.06. The van der Waals surface area contributed by atoms with E-state index in [1.54, 1.807) is 0 Å². The van der Waals surface area contributed by atoms with E-state index in [1.165, 1.54) is 59.4 Å². The van der Waals surface area contributed by atoms with E-state index in [9.17, 15) is 0 Å². The van der Waals surface area contributed by atoms with Gasteiger partial charge in [0.1, 0.15) is 0 Å². The normalized spacial score (nSPS) is 15.4. The van der Waals surface area contributed by atoms with Gasteiger partial charge < -0.3 is 20.4 Å². The molecular weight excluding hydrogens is 557 g/mol. The maximum absolute atomic E-state index is 3.44. The van der Waals surface area contributed by atoms with E-state index in [2.05, 4.69) is 125 Å². The number of rotatable bonds is 5. The van der Waals surface area contributed by atoms with Gasteiger partial charge in [-0.25, -0.2) is 0 Å². The zero-order valence-electron chi connectivity index (χ0n) is 26.3. The van der Waals surface area contributed by atoms with Crippen LogP contribution in [0.1, 0.15) is 20.8 Å². The van der Waals surface area contributed by atoms with E-state index < -0.39 is 0 Å². The Morgan fingerprint density at radius 1 is 0.591 bits per heavy atom. The summed E-state index contributed by atoms with van der Waals surface area (Å²) in [5, 5.41) is 9.57. The lowest BCUT2D eigenvalue weighted by Crippen LogP contribution is -2.43. The first-order valence-corrected chi connectivity index (χ1v) is 16.8. The van der Waals surface area contributed by atoms with Gasteiger partial charge in [-0.3, -0.25) is 0 Å². The first-order valence-electron chi connectivity index (χ1n) is 15.9. The van der Waals surface area contributed by atoms with E-state index in [-0.39, 0.29) is 0 Å². The van der Waals surface area contributed by atoms with Crippen LogP contribution in [0.15, 0.2) is 109 Å². The Bertz CT molecular complexity index is 1620. The molecule has 2 saturated heterocycles. The molecule has 0 amide bonds. The van der Waals surface area contributed by atoms with Crippen LogP contribution in [-0.2, 0) is 0 Å². The van der Waals surface area contributed by atoms with Gasteiger partial charge in [-0.15, -0.1) is 11.3 Å². The molecule has 3 heterocycles. The van der Waals surface area contributed by atoms with Crippen molar-refractivity contribution in [3.05, 3.63) is 109 Å². The van der Waals surface area contributed by atoms with Crippen LogP contribution < -0.4 is 20.4 Å². The van der Waals surface area contributed by atoms with Crippen molar-refractivity contribution in [2.45, 2.75) is 20.8 Å². The second-order valence-corrected chi connectivity index (χ2v) is 12.9. The molecule has 0 saturated carbocycles. The largest absolute Gasteiger partial charge is 0.369 e. The van der Waals surface area contributed by atoms with Gasteiger partial charge in [0.25, 0.3) is 0 Å². The van der Waals surface area contributed by atoms with Crippen molar-refractivity contribution in [1.29, 1.82) is 0 Å². The lowest BCUT2D eigenvalue weighted by Gasteiger charge is -2.29. The van der Waals surface area contributed by atoms with Crippen molar-refractivity contribution in [2.24, 2.45) is 0 Å². The van der Waals surface area contributed by atoms with Crippen molar-refractivity contribution in [3.63, 3.8) is 0 Å². The second-order valence-electron chi connectivity index (χ2n) is 11.9. The monoisotopic (exact) mass is 600 g/mol. The summed E-state index contributed by atoms with van der Waals surface area (Å²) in [6.45, 7) is 14.7. The van der Waals surface area contributed by atoms with Gasteiger partial charge in [-0.2, -0.15) is 0 Å². The molecule has 0 aliphatic carbocycles. The molecule has 2 aliphatic heterocycles. The van der Waals surface area contributed by atoms with Crippen LogP contribution in [0.2, 0.25) is 0 Å². The molecule has 44 heavy (non-hydrogen) atoms. The molecule has 0 atom stereocenters. The van der Waals surface area contributed by atoms with Crippen LogP contribution in [0.25, 0.3) is 42.4 Å². The maximum Gasteiger partial charge on any atom is 0.0367 e. The average molecular weight is 601 g/mol. The first kappa shape index (κ1) is 30.1. The molecule has 5 aromatic rings. The summed E-state index contributed by atoms with van der Waals surface area (Å²) < 4.78 is 2.70. The van der Waals surface area contributed by atoms with Crippen molar-refractivity contribution in [3.8, 4) is 22.3 Å². The number of piperazine rings is 2. The molecule has 2 fully saturated rings. The van der Waals surface area contributed by atoms with Crippen molar-refractivity contribution < 1.29 is 0 Å². The lowest BCUT2D eigenvalue weighted by atomic mass is 10.00. The van der Waals surface area contributed by atoms with E-state index in [0.29, 0.717) is 0 Å². The zero-order valence-corrected chi connectivity index (χ0v) is 27.1. The quantitative estimate of drug-likeness (QED) is 0.198. The molecule has 226 valence electrons. The predicted molar refractivity (Wildman–Crippen MR) is 195 cm³/mol. The highest BCUT2D eigenvalue weighted by Crippen LogP contribution is 2.39. The number of benzene rings is 4. The van der Waals surface area contributed by atoms with Crippen molar-refractivity contribution >= 4 is 42.9 Å². The highest BCUT2D eigenvalue weighted by Gasteiger charge is 2.13. The summed E-state index contributed by atoms with van der Waals surface area (Å²) in [7, 11) is 0. The van der Waals surface area contributed by atoms with Crippen LogP contribution in [0.3, 0.4) is 0 Å². The summed E-state index contributed by atoms with van der Waals surface area (Å²) in [5.41, 5.74) is 9.10. The van der Waals surface area contributed by atoms with E-state index in [4.69, 9.17) is 0 Å². The number of allylic oxidation sites excluding steroid dienone is 4. The zero-order chi connectivity index (χ0) is 30.3. The number of hydrogen-bond donors (Lipinski definition) is 2. The molecule has 0 bridgehead atoms. The Morgan fingerprint density at radius 2 is 1.00 bits per heavy atom. The molecule has 2 N–H and O–H groups in total. The Hall–Kier alpha value is -3.90. The lowest BCUT2D eigenvalue weighted by molar-refractivity contribution is 0.589. The molecule has 2 aliphatic rings. The smallest absolute Gasteiger partial charge is 0.0367 e. The average Bonchev–Trinajstić information content (AvgIpc) is 3.46. The van der Waals surface area contributed by atoms with Gasteiger partial charge in [0.05, 0.1) is 0 Å². The fraction of sp³-hybridized carbons (Fsp3) is 0.282. The molecule has 0 unspecified atom stereocenters. The van der Waals surface area contributed by atoms with Crippen molar-refractivity contribution in [2.75, 3.05) is 62.2 Å². The molecule has 0 spiro atoms. The van der Waals surface area contributed by atoms with Gasteiger partial charge in [-0.05, 0) is 91.6 Å². The fourth-order valence-corrected chi connectivity index (χ4v) is 7.07. The number of thiophene rings is 1. The predicted octanol–water partition coefficient (Wildman–Crippen LogP) is 8.74. The number of nitrogens with zero attached hydrogens (tertiary/aromatic N) is 2.